The molecule has 4 aromatic rings. The topological polar surface area (TPSA) is 63.7 Å². The molecule has 2 aromatic carbocycles. The second-order valence-electron chi connectivity index (χ2n) is 7.68. The monoisotopic (exact) mass is 399 g/mol. The van der Waals surface area contributed by atoms with Gasteiger partial charge < -0.3 is 13.7 Å². The molecule has 1 amide bonds. The summed E-state index contributed by atoms with van der Waals surface area (Å²) < 4.78 is 11.5. The van der Waals surface area contributed by atoms with E-state index in [1.54, 1.807) is 23.3 Å². The fourth-order valence-corrected chi connectivity index (χ4v) is 4.15. The van der Waals surface area contributed by atoms with Gasteiger partial charge >= 0.3 is 0 Å². The van der Waals surface area contributed by atoms with E-state index in [0.717, 1.165) is 17.5 Å². The summed E-state index contributed by atoms with van der Waals surface area (Å²) in [5.41, 5.74) is 3.71. The lowest BCUT2D eigenvalue weighted by Gasteiger charge is -2.24. The molecule has 0 fully saturated rings. The first-order chi connectivity index (χ1) is 14.6. The lowest BCUT2D eigenvalue weighted by atomic mass is 9.97. The van der Waals surface area contributed by atoms with Crippen LogP contribution < -0.4 is 5.43 Å². The van der Waals surface area contributed by atoms with Crippen molar-refractivity contribution in [2.75, 3.05) is 0 Å². The normalized spacial score (nSPS) is 15.7. The Morgan fingerprint density at radius 3 is 2.53 bits per heavy atom. The molecular weight excluding hydrogens is 378 g/mol. The standard InChI is InChI=1S/C25H21NO4/c1-3-16-7-9-17(10-8-16)22-21-23(27)19-13-15(2)6-11-20(19)30-24(21)25(28)26(22)14-18-5-4-12-29-18/h4-13,22H,3,14H2,1-2H3. The number of carbonyl (C=O) groups excluding carboxylic acids is 1. The Hall–Kier alpha value is -3.60. The van der Waals surface area contributed by atoms with Crippen molar-refractivity contribution in [1.29, 1.82) is 0 Å². The molecule has 1 atom stereocenters. The van der Waals surface area contributed by atoms with Crippen molar-refractivity contribution < 1.29 is 13.6 Å². The van der Waals surface area contributed by atoms with Gasteiger partial charge in [0.15, 0.2) is 5.43 Å². The summed E-state index contributed by atoms with van der Waals surface area (Å²) in [5, 5.41) is 0.497. The van der Waals surface area contributed by atoms with Crippen LogP contribution in [0.4, 0.5) is 0 Å². The minimum Gasteiger partial charge on any atom is -0.467 e. The highest BCUT2D eigenvalue weighted by molar-refractivity contribution is 5.99. The Bertz CT molecular complexity index is 1300. The van der Waals surface area contributed by atoms with Gasteiger partial charge in [0, 0.05) is 0 Å². The molecule has 5 nitrogen and oxygen atoms in total. The van der Waals surface area contributed by atoms with Gasteiger partial charge in [0.25, 0.3) is 5.91 Å². The van der Waals surface area contributed by atoms with Crippen LogP contribution in [0.5, 0.6) is 0 Å². The van der Waals surface area contributed by atoms with E-state index in [4.69, 9.17) is 8.83 Å². The third-order valence-corrected chi connectivity index (χ3v) is 5.73. The quantitative estimate of drug-likeness (QED) is 0.484. The molecule has 0 saturated carbocycles. The number of benzene rings is 2. The van der Waals surface area contributed by atoms with E-state index in [9.17, 15) is 9.59 Å². The van der Waals surface area contributed by atoms with Gasteiger partial charge in [-0.2, -0.15) is 0 Å². The Kier molecular flexibility index (Phi) is 4.31. The van der Waals surface area contributed by atoms with Crippen LogP contribution >= 0.6 is 0 Å². The van der Waals surface area contributed by atoms with Crippen LogP contribution in [-0.4, -0.2) is 10.8 Å². The number of rotatable bonds is 4. The Morgan fingerprint density at radius 1 is 1.03 bits per heavy atom. The molecule has 5 rings (SSSR count). The third kappa shape index (κ3) is 2.86. The zero-order valence-electron chi connectivity index (χ0n) is 16.8. The second kappa shape index (κ2) is 7.02. The lowest BCUT2D eigenvalue weighted by molar-refractivity contribution is 0.0701. The molecule has 0 spiro atoms. The first-order valence-electron chi connectivity index (χ1n) is 10.1. The van der Waals surface area contributed by atoms with Gasteiger partial charge in [-0.1, -0.05) is 42.8 Å². The van der Waals surface area contributed by atoms with Crippen molar-refractivity contribution in [3.63, 3.8) is 0 Å². The molecule has 3 heterocycles. The van der Waals surface area contributed by atoms with Crippen molar-refractivity contribution in [1.82, 2.24) is 4.90 Å². The van der Waals surface area contributed by atoms with Crippen LogP contribution in [-0.2, 0) is 13.0 Å². The molecule has 2 aromatic heterocycles. The summed E-state index contributed by atoms with van der Waals surface area (Å²) in [7, 11) is 0. The SMILES string of the molecule is CCc1ccc(C2c3c(oc4ccc(C)cc4c3=O)C(=O)N2Cc2ccco2)cc1. The van der Waals surface area contributed by atoms with E-state index in [1.807, 2.05) is 49.4 Å². The number of nitrogens with zero attached hydrogens (tertiary/aromatic N) is 1. The van der Waals surface area contributed by atoms with Crippen LogP contribution in [0.2, 0.25) is 0 Å². The average molecular weight is 399 g/mol. The maximum atomic E-state index is 13.5. The highest BCUT2D eigenvalue weighted by atomic mass is 16.3. The van der Waals surface area contributed by atoms with Crippen molar-refractivity contribution in [2.24, 2.45) is 0 Å². The summed E-state index contributed by atoms with van der Waals surface area (Å²) in [4.78, 5) is 28.5. The smallest absolute Gasteiger partial charge is 0.291 e. The van der Waals surface area contributed by atoms with E-state index in [2.05, 4.69) is 6.92 Å². The molecule has 150 valence electrons. The molecule has 1 unspecified atom stereocenters. The van der Waals surface area contributed by atoms with Gasteiger partial charge in [0.1, 0.15) is 11.3 Å². The highest BCUT2D eigenvalue weighted by Gasteiger charge is 2.43. The fraction of sp³-hybridized carbons (Fsp3) is 0.200. The van der Waals surface area contributed by atoms with Crippen LogP contribution in [0.1, 0.15) is 51.5 Å². The highest BCUT2D eigenvalue weighted by Crippen LogP contribution is 2.39. The van der Waals surface area contributed by atoms with Gasteiger partial charge in [-0.25, -0.2) is 0 Å². The molecule has 0 bridgehead atoms. The predicted octanol–water partition coefficient (Wildman–Crippen LogP) is 5.00. The average Bonchev–Trinajstić information content (AvgIpc) is 3.37. The molecular formula is C25H21NO4. The summed E-state index contributed by atoms with van der Waals surface area (Å²) in [6.07, 6.45) is 2.50. The molecule has 0 aliphatic carbocycles. The number of aryl methyl sites for hydroxylation is 2. The summed E-state index contributed by atoms with van der Waals surface area (Å²) in [6.45, 7) is 4.28. The number of fused-ring (bicyclic) bond motifs is 2. The number of hydrogen-bond acceptors (Lipinski definition) is 4. The van der Waals surface area contributed by atoms with E-state index in [1.165, 1.54) is 5.56 Å². The van der Waals surface area contributed by atoms with Crippen LogP contribution in [0.3, 0.4) is 0 Å². The van der Waals surface area contributed by atoms with E-state index in [0.29, 0.717) is 22.3 Å². The summed E-state index contributed by atoms with van der Waals surface area (Å²) in [6, 6.07) is 16.6. The van der Waals surface area contributed by atoms with Crippen molar-refractivity contribution >= 4 is 16.9 Å². The number of amides is 1. The van der Waals surface area contributed by atoms with Crippen LogP contribution in [0, 0.1) is 6.92 Å². The van der Waals surface area contributed by atoms with Crippen LogP contribution in [0.15, 0.2) is 74.5 Å². The van der Waals surface area contributed by atoms with Crippen molar-refractivity contribution in [2.45, 2.75) is 32.9 Å². The van der Waals surface area contributed by atoms with E-state index < -0.39 is 6.04 Å². The first kappa shape index (κ1) is 18.4. The van der Waals surface area contributed by atoms with Crippen molar-refractivity contribution in [3.8, 4) is 0 Å². The Labute approximate surface area is 173 Å². The number of hydrogen-bond donors (Lipinski definition) is 0. The largest absolute Gasteiger partial charge is 0.467 e. The Balaban J connectivity index is 1.73. The van der Waals surface area contributed by atoms with Gasteiger partial charge in [-0.15, -0.1) is 0 Å². The molecule has 30 heavy (non-hydrogen) atoms. The summed E-state index contributed by atoms with van der Waals surface area (Å²) in [5.74, 6) is 0.470. The van der Waals surface area contributed by atoms with Crippen LogP contribution in [0.25, 0.3) is 11.0 Å². The zero-order valence-corrected chi connectivity index (χ0v) is 16.8. The molecule has 0 N–H and O–H groups in total. The maximum Gasteiger partial charge on any atom is 0.291 e. The number of furan rings is 1. The van der Waals surface area contributed by atoms with Crippen molar-refractivity contribution in [3.05, 3.63) is 105 Å². The molecule has 5 heteroatoms. The lowest BCUT2D eigenvalue weighted by Crippen LogP contribution is -2.29. The summed E-state index contributed by atoms with van der Waals surface area (Å²) >= 11 is 0. The van der Waals surface area contributed by atoms with Gasteiger partial charge in [-0.3, -0.25) is 9.59 Å². The third-order valence-electron chi connectivity index (χ3n) is 5.73. The minimum atomic E-state index is -0.523. The molecule has 0 saturated heterocycles. The van der Waals surface area contributed by atoms with Gasteiger partial charge in [0.05, 0.1) is 29.8 Å². The molecule has 0 radical (unpaired) electrons. The fourth-order valence-electron chi connectivity index (χ4n) is 4.15. The number of carbonyl (C=O) groups is 1. The minimum absolute atomic E-state index is 0.118. The second-order valence-corrected chi connectivity index (χ2v) is 7.68. The van der Waals surface area contributed by atoms with Gasteiger partial charge in [0.2, 0.25) is 5.76 Å². The Morgan fingerprint density at radius 2 is 1.83 bits per heavy atom. The van der Waals surface area contributed by atoms with E-state index in [-0.39, 0.29) is 23.6 Å². The predicted molar refractivity (Wildman–Crippen MR) is 113 cm³/mol. The van der Waals surface area contributed by atoms with E-state index >= 15 is 0 Å². The molecule has 1 aliphatic heterocycles. The first-order valence-corrected chi connectivity index (χ1v) is 10.1. The van der Waals surface area contributed by atoms with Gasteiger partial charge in [-0.05, 0) is 48.7 Å². The molecule has 1 aliphatic rings. The zero-order chi connectivity index (χ0) is 20.8. The maximum absolute atomic E-state index is 13.5.